The summed E-state index contributed by atoms with van der Waals surface area (Å²) in [5.41, 5.74) is 7.00. The molecule has 0 spiro atoms. The van der Waals surface area contributed by atoms with E-state index in [1.54, 1.807) is 0 Å². The van der Waals surface area contributed by atoms with Crippen LogP contribution in [-0.2, 0) is 0 Å². The lowest BCUT2D eigenvalue weighted by Crippen LogP contribution is -1.79. The average Bonchev–Trinajstić information content (AvgIpc) is 3.10. The topological polar surface area (TPSA) is 52.9 Å². The fourth-order valence-corrected chi connectivity index (χ4v) is 2.97. The number of benzene rings is 3. The second-order valence-corrected chi connectivity index (χ2v) is 6.51. The first-order chi connectivity index (χ1) is 13.2. The van der Waals surface area contributed by atoms with Gasteiger partial charge in [0.2, 0.25) is 0 Å². The number of aliphatic imine (C=N–C) groups is 1. The summed E-state index contributed by atoms with van der Waals surface area (Å²) >= 11 is 0. The van der Waals surface area contributed by atoms with Crippen molar-refractivity contribution in [2.75, 3.05) is 0 Å². The lowest BCUT2D eigenvalue weighted by Gasteiger charge is -2.02. The number of nitrogens with one attached hydrogen (secondary N) is 1. The monoisotopic (exact) mass is 352 g/mol. The predicted octanol–water partition coefficient (Wildman–Crippen LogP) is 6.95. The Morgan fingerprint density at radius 1 is 0.778 bits per heavy atom. The third-order valence-corrected chi connectivity index (χ3v) is 4.53. The molecule has 4 rings (SSSR count). The summed E-state index contributed by atoms with van der Waals surface area (Å²) in [6.07, 6.45) is 3.88. The van der Waals surface area contributed by atoms with Crippen molar-refractivity contribution in [1.82, 2.24) is 4.98 Å². The van der Waals surface area contributed by atoms with Crippen LogP contribution in [0, 0.1) is 13.8 Å². The summed E-state index contributed by atoms with van der Waals surface area (Å²) in [6.45, 7) is 4.07. The first-order valence-electron chi connectivity index (χ1n) is 8.89. The summed E-state index contributed by atoms with van der Waals surface area (Å²) in [5.74, 6) is 0. The minimum atomic E-state index is 0.821. The summed E-state index contributed by atoms with van der Waals surface area (Å²) in [5, 5.41) is 9.88. The standard InChI is InChI=1S/C23H20N4/c1-16-7-3-5-9-22(16)27-26-19-11-12-21(17(2)13-19)24-14-18-15-25-23-10-6-4-8-20(18)23/h3-15,25H,1-2H3. The van der Waals surface area contributed by atoms with E-state index in [2.05, 4.69) is 32.3 Å². The van der Waals surface area contributed by atoms with E-state index in [-0.39, 0.29) is 0 Å². The Morgan fingerprint density at radius 2 is 1.59 bits per heavy atom. The van der Waals surface area contributed by atoms with Crippen LogP contribution in [0.5, 0.6) is 0 Å². The van der Waals surface area contributed by atoms with E-state index >= 15 is 0 Å². The third kappa shape index (κ3) is 3.70. The first-order valence-corrected chi connectivity index (χ1v) is 8.89. The highest BCUT2D eigenvalue weighted by molar-refractivity contribution is 5.99. The van der Waals surface area contributed by atoms with Crippen LogP contribution in [0.1, 0.15) is 16.7 Å². The van der Waals surface area contributed by atoms with Gasteiger partial charge in [-0.25, -0.2) is 0 Å². The minimum absolute atomic E-state index is 0.821. The van der Waals surface area contributed by atoms with Gasteiger partial charge in [-0.1, -0.05) is 36.4 Å². The van der Waals surface area contributed by atoms with Crippen LogP contribution < -0.4 is 0 Å². The number of rotatable bonds is 4. The van der Waals surface area contributed by atoms with Crippen LogP contribution >= 0.6 is 0 Å². The van der Waals surface area contributed by atoms with Crippen molar-refractivity contribution in [3.05, 3.63) is 89.6 Å². The number of nitrogens with zero attached hydrogens (tertiary/aromatic N) is 3. The molecule has 4 heteroatoms. The number of aryl methyl sites for hydroxylation is 2. The maximum atomic E-state index is 4.65. The summed E-state index contributed by atoms with van der Waals surface area (Å²) in [4.78, 5) is 7.92. The maximum absolute atomic E-state index is 4.65. The van der Waals surface area contributed by atoms with E-state index in [1.165, 1.54) is 5.39 Å². The SMILES string of the molecule is Cc1cc(N=Nc2ccccc2C)ccc1N=Cc1c[nH]c2ccccc12. The molecule has 1 heterocycles. The van der Waals surface area contributed by atoms with Gasteiger partial charge in [-0.05, 0) is 55.3 Å². The summed E-state index contributed by atoms with van der Waals surface area (Å²) in [7, 11) is 0. The fourth-order valence-electron chi connectivity index (χ4n) is 2.97. The molecule has 1 aromatic heterocycles. The van der Waals surface area contributed by atoms with E-state index in [0.29, 0.717) is 0 Å². The van der Waals surface area contributed by atoms with Gasteiger partial charge in [-0.3, -0.25) is 4.99 Å². The highest BCUT2D eigenvalue weighted by Gasteiger charge is 2.02. The normalized spacial score (nSPS) is 11.8. The van der Waals surface area contributed by atoms with Crippen molar-refractivity contribution in [2.24, 2.45) is 15.2 Å². The molecule has 0 atom stereocenters. The van der Waals surface area contributed by atoms with Gasteiger partial charge in [0.15, 0.2) is 0 Å². The van der Waals surface area contributed by atoms with Crippen molar-refractivity contribution < 1.29 is 0 Å². The van der Waals surface area contributed by atoms with Crippen molar-refractivity contribution in [1.29, 1.82) is 0 Å². The van der Waals surface area contributed by atoms with Crippen molar-refractivity contribution >= 4 is 34.2 Å². The molecule has 0 saturated heterocycles. The van der Waals surface area contributed by atoms with Crippen LogP contribution in [0.4, 0.5) is 17.1 Å². The van der Waals surface area contributed by atoms with E-state index in [1.807, 2.05) is 80.9 Å². The Bertz CT molecular complexity index is 1150. The van der Waals surface area contributed by atoms with Gasteiger partial charge in [0.25, 0.3) is 0 Å². The van der Waals surface area contributed by atoms with E-state index in [9.17, 15) is 0 Å². The molecule has 0 aliphatic rings. The zero-order valence-electron chi connectivity index (χ0n) is 15.3. The van der Waals surface area contributed by atoms with E-state index in [0.717, 1.165) is 39.3 Å². The Balaban J connectivity index is 1.56. The summed E-state index contributed by atoms with van der Waals surface area (Å²) < 4.78 is 0. The van der Waals surface area contributed by atoms with E-state index < -0.39 is 0 Å². The van der Waals surface area contributed by atoms with Crippen LogP contribution in [-0.4, -0.2) is 11.2 Å². The van der Waals surface area contributed by atoms with Gasteiger partial charge >= 0.3 is 0 Å². The van der Waals surface area contributed by atoms with Crippen LogP contribution in [0.15, 0.2) is 88.1 Å². The number of H-pyrrole nitrogens is 1. The van der Waals surface area contributed by atoms with Gasteiger partial charge in [-0.15, -0.1) is 0 Å². The van der Waals surface area contributed by atoms with Crippen LogP contribution in [0.3, 0.4) is 0 Å². The molecule has 0 aliphatic heterocycles. The van der Waals surface area contributed by atoms with Crippen molar-refractivity contribution in [3.8, 4) is 0 Å². The minimum Gasteiger partial charge on any atom is -0.361 e. The first kappa shape index (κ1) is 16.9. The smallest absolute Gasteiger partial charge is 0.0886 e. The van der Waals surface area contributed by atoms with Crippen LogP contribution in [0.2, 0.25) is 0 Å². The number of aromatic amines is 1. The molecule has 3 aromatic carbocycles. The van der Waals surface area contributed by atoms with Crippen molar-refractivity contribution in [2.45, 2.75) is 13.8 Å². The molecule has 0 fully saturated rings. The zero-order chi connectivity index (χ0) is 18.6. The number of hydrogen-bond donors (Lipinski definition) is 1. The molecule has 0 amide bonds. The molecule has 1 N–H and O–H groups in total. The Morgan fingerprint density at radius 3 is 2.44 bits per heavy atom. The molecule has 4 nitrogen and oxygen atoms in total. The van der Waals surface area contributed by atoms with Gasteiger partial charge < -0.3 is 4.98 Å². The third-order valence-electron chi connectivity index (χ3n) is 4.53. The Kier molecular flexibility index (Phi) is 4.62. The zero-order valence-corrected chi connectivity index (χ0v) is 15.3. The van der Waals surface area contributed by atoms with E-state index in [4.69, 9.17) is 0 Å². The second kappa shape index (κ2) is 7.38. The highest BCUT2D eigenvalue weighted by atomic mass is 15.1. The Hall–Kier alpha value is -3.53. The van der Waals surface area contributed by atoms with Gasteiger partial charge in [-0.2, -0.15) is 10.2 Å². The van der Waals surface area contributed by atoms with Gasteiger partial charge in [0, 0.05) is 28.9 Å². The number of fused-ring (bicyclic) bond motifs is 1. The number of azo groups is 1. The maximum Gasteiger partial charge on any atom is 0.0886 e. The van der Waals surface area contributed by atoms with Gasteiger partial charge in [0.05, 0.1) is 17.1 Å². The molecule has 27 heavy (non-hydrogen) atoms. The molecule has 0 bridgehead atoms. The lowest BCUT2D eigenvalue weighted by atomic mass is 10.1. The summed E-state index contributed by atoms with van der Waals surface area (Å²) in [6, 6.07) is 22.1. The van der Waals surface area contributed by atoms with Crippen LogP contribution in [0.25, 0.3) is 10.9 Å². The quantitative estimate of drug-likeness (QED) is 0.305. The van der Waals surface area contributed by atoms with Crippen molar-refractivity contribution in [3.63, 3.8) is 0 Å². The molecule has 0 aliphatic carbocycles. The second-order valence-electron chi connectivity index (χ2n) is 6.51. The Labute approximate surface area is 158 Å². The predicted molar refractivity (Wildman–Crippen MR) is 112 cm³/mol. The molecule has 132 valence electrons. The highest BCUT2D eigenvalue weighted by Crippen LogP contribution is 2.27. The number of para-hydroxylation sites is 1. The molecule has 0 radical (unpaired) electrons. The largest absolute Gasteiger partial charge is 0.361 e. The molecular weight excluding hydrogens is 332 g/mol. The molecule has 4 aromatic rings. The average molecular weight is 352 g/mol. The molecule has 0 unspecified atom stereocenters. The fraction of sp³-hybridized carbons (Fsp3) is 0.0870. The lowest BCUT2D eigenvalue weighted by molar-refractivity contribution is 1.20. The van der Waals surface area contributed by atoms with Gasteiger partial charge in [0.1, 0.15) is 0 Å². The molecular formula is C23H20N4. The molecule has 0 saturated carbocycles. The number of aromatic nitrogens is 1. The number of hydrogen-bond acceptors (Lipinski definition) is 3.